The zero-order valence-corrected chi connectivity index (χ0v) is 7.88. The molecule has 2 aromatic rings. The van der Waals surface area contributed by atoms with E-state index in [4.69, 9.17) is 0 Å². The largest absolute Gasteiger partial charge is 0.508 e. The first-order chi connectivity index (χ1) is 7.15. The zero-order chi connectivity index (χ0) is 10.8. The van der Waals surface area contributed by atoms with Crippen LogP contribution in [-0.2, 0) is 0 Å². The summed E-state index contributed by atoms with van der Waals surface area (Å²) >= 11 is 0. The quantitative estimate of drug-likeness (QED) is 0.665. The molecular weight excluding hydrogens is 192 g/mol. The predicted octanol–water partition coefficient (Wildman–Crippen LogP) is 2.47. The summed E-state index contributed by atoms with van der Waals surface area (Å²) in [6.45, 7) is 0. The third-order valence-corrected chi connectivity index (χ3v) is 2.08. The van der Waals surface area contributed by atoms with Crippen LogP contribution in [0.3, 0.4) is 0 Å². The Hall–Kier alpha value is -2.16. The molecule has 0 bridgehead atoms. The molecule has 0 aromatic heterocycles. The Morgan fingerprint density at radius 3 is 1.80 bits per heavy atom. The summed E-state index contributed by atoms with van der Waals surface area (Å²) in [5, 5.41) is 27.9. The van der Waals surface area contributed by atoms with Crippen molar-refractivity contribution in [2.75, 3.05) is 0 Å². The van der Waals surface area contributed by atoms with Crippen molar-refractivity contribution < 1.29 is 15.3 Å². The topological polar surface area (TPSA) is 60.7 Å². The average molecular weight is 202 g/mol. The van der Waals surface area contributed by atoms with Crippen molar-refractivity contribution in [1.29, 1.82) is 0 Å². The van der Waals surface area contributed by atoms with Crippen LogP contribution < -0.4 is 0 Å². The first-order valence-corrected chi connectivity index (χ1v) is 4.47. The SMILES string of the molecule is Oc1cccc(-c2cc(O)cc(O)c2)c1. The summed E-state index contributed by atoms with van der Waals surface area (Å²) in [6.07, 6.45) is 0. The van der Waals surface area contributed by atoms with E-state index in [-0.39, 0.29) is 17.2 Å². The molecule has 0 aliphatic heterocycles. The van der Waals surface area contributed by atoms with Gasteiger partial charge in [-0.1, -0.05) is 12.1 Å². The third-order valence-electron chi connectivity index (χ3n) is 2.08. The predicted molar refractivity (Wildman–Crippen MR) is 56.9 cm³/mol. The smallest absolute Gasteiger partial charge is 0.119 e. The van der Waals surface area contributed by atoms with Gasteiger partial charge in [-0.15, -0.1) is 0 Å². The van der Waals surface area contributed by atoms with Gasteiger partial charge < -0.3 is 15.3 Å². The van der Waals surface area contributed by atoms with Gasteiger partial charge in [-0.3, -0.25) is 0 Å². The molecule has 0 radical (unpaired) electrons. The highest BCUT2D eigenvalue weighted by atomic mass is 16.3. The van der Waals surface area contributed by atoms with Crippen molar-refractivity contribution in [3.63, 3.8) is 0 Å². The van der Waals surface area contributed by atoms with Crippen molar-refractivity contribution in [3.05, 3.63) is 42.5 Å². The standard InChI is InChI=1S/C12H10O3/c13-10-3-1-2-8(4-10)9-5-11(14)7-12(15)6-9/h1-7,13-15H. The van der Waals surface area contributed by atoms with E-state index in [1.807, 2.05) is 0 Å². The maximum atomic E-state index is 9.30. The lowest BCUT2D eigenvalue weighted by Gasteiger charge is -2.04. The van der Waals surface area contributed by atoms with Crippen LogP contribution in [0.4, 0.5) is 0 Å². The highest BCUT2D eigenvalue weighted by Gasteiger charge is 2.02. The number of hydrogen-bond acceptors (Lipinski definition) is 3. The van der Waals surface area contributed by atoms with E-state index in [0.717, 1.165) is 5.56 Å². The van der Waals surface area contributed by atoms with Gasteiger partial charge in [0.1, 0.15) is 17.2 Å². The normalized spacial score (nSPS) is 10.1. The molecule has 0 fully saturated rings. The summed E-state index contributed by atoms with van der Waals surface area (Å²) in [5.41, 5.74) is 1.39. The molecule has 15 heavy (non-hydrogen) atoms. The number of rotatable bonds is 1. The van der Waals surface area contributed by atoms with Gasteiger partial charge in [0.2, 0.25) is 0 Å². The van der Waals surface area contributed by atoms with Crippen LogP contribution in [0.1, 0.15) is 0 Å². The second kappa shape index (κ2) is 3.53. The van der Waals surface area contributed by atoms with Crippen LogP contribution in [0.5, 0.6) is 17.2 Å². The fraction of sp³-hybridized carbons (Fsp3) is 0. The molecule has 2 aromatic carbocycles. The first kappa shape index (κ1) is 9.40. The second-order valence-electron chi connectivity index (χ2n) is 3.29. The highest BCUT2D eigenvalue weighted by Crippen LogP contribution is 2.29. The minimum atomic E-state index is -0.00616. The lowest BCUT2D eigenvalue weighted by molar-refractivity contribution is 0.451. The molecule has 0 spiro atoms. The zero-order valence-electron chi connectivity index (χ0n) is 7.88. The summed E-state index contributed by atoms with van der Waals surface area (Å²) < 4.78 is 0. The Balaban J connectivity index is 2.54. The van der Waals surface area contributed by atoms with Crippen molar-refractivity contribution in [1.82, 2.24) is 0 Å². The number of phenolic OH excluding ortho intramolecular Hbond substituents is 3. The van der Waals surface area contributed by atoms with Crippen molar-refractivity contribution in [3.8, 4) is 28.4 Å². The first-order valence-electron chi connectivity index (χ1n) is 4.47. The number of aromatic hydroxyl groups is 3. The molecule has 2 rings (SSSR count). The molecule has 3 N–H and O–H groups in total. The van der Waals surface area contributed by atoms with Gasteiger partial charge in [0, 0.05) is 6.07 Å². The molecule has 0 heterocycles. The van der Waals surface area contributed by atoms with Crippen LogP contribution in [-0.4, -0.2) is 15.3 Å². The molecule has 0 aliphatic rings. The van der Waals surface area contributed by atoms with Crippen LogP contribution in [0, 0.1) is 0 Å². The Morgan fingerprint density at radius 2 is 1.20 bits per heavy atom. The van der Waals surface area contributed by atoms with Gasteiger partial charge in [0.15, 0.2) is 0 Å². The Labute approximate surface area is 86.9 Å². The Morgan fingerprint density at radius 1 is 0.600 bits per heavy atom. The van der Waals surface area contributed by atoms with Gasteiger partial charge >= 0.3 is 0 Å². The molecule has 3 heteroatoms. The molecular formula is C12H10O3. The number of benzene rings is 2. The summed E-state index contributed by atoms with van der Waals surface area (Å²) in [6, 6.07) is 10.9. The van der Waals surface area contributed by atoms with E-state index in [0.29, 0.717) is 5.56 Å². The minimum absolute atomic E-state index is 0.00616. The molecule has 76 valence electrons. The average Bonchev–Trinajstić information content (AvgIpc) is 2.16. The van der Waals surface area contributed by atoms with E-state index in [1.54, 1.807) is 24.3 Å². The molecule has 3 nitrogen and oxygen atoms in total. The molecule has 0 atom stereocenters. The van der Waals surface area contributed by atoms with Gasteiger partial charge in [-0.25, -0.2) is 0 Å². The Bertz CT molecular complexity index is 472. The molecule has 0 saturated carbocycles. The van der Waals surface area contributed by atoms with Gasteiger partial charge in [0.25, 0.3) is 0 Å². The number of phenols is 3. The van der Waals surface area contributed by atoms with Crippen LogP contribution in [0.2, 0.25) is 0 Å². The van der Waals surface area contributed by atoms with E-state index >= 15 is 0 Å². The Kier molecular flexibility index (Phi) is 2.21. The van der Waals surface area contributed by atoms with Gasteiger partial charge in [-0.2, -0.15) is 0 Å². The van der Waals surface area contributed by atoms with Crippen LogP contribution >= 0.6 is 0 Å². The molecule has 0 aliphatic carbocycles. The molecule has 0 saturated heterocycles. The summed E-state index contributed by atoms with van der Waals surface area (Å²) in [5.74, 6) is 0.136. The van der Waals surface area contributed by atoms with Crippen molar-refractivity contribution >= 4 is 0 Å². The van der Waals surface area contributed by atoms with Crippen molar-refractivity contribution in [2.24, 2.45) is 0 Å². The second-order valence-corrected chi connectivity index (χ2v) is 3.29. The van der Waals surface area contributed by atoms with E-state index in [2.05, 4.69) is 0 Å². The fourth-order valence-electron chi connectivity index (χ4n) is 1.45. The molecule has 0 amide bonds. The number of hydrogen-bond donors (Lipinski definition) is 3. The van der Waals surface area contributed by atoms with E-state index < -0.39 is 0 Å². The molecule has 0 unspecified atom stereocenters. The monoisotopic (exact) mass is 202 g/mol. The minimum Gasteiger partial charge on any atom is -0.508 e. The maximum absolute atomic E-state index is 9.30. The fourth-order valence-corrected chi connectivity index (χ4v) is 1.45. The van der Waals surface area contributed by atoms with Gasteiger partial charge in [-0.05, 0) is 35.4 Å². The highest BCUT2D eigenvalue weighted by molar-refractivity contribution is 5.68. The van der Waals surface area contributed by atoms with Crippen LogP contribution in [0.25, 0.3) is 11.1 Å². The van der Waals surface area contributed by atoms with E-state index in [1.165, 1.54) is 18.2 Å². The summed E-state index contributed by atoms with van der Waals surface area (Å²) in [7, 11) is 0. The summed E-state index contributed by atoms with van der Waals surface area (Å²) in [4.78, 5) is 0. The van der Waals surface area contributed by atoms with E-state index in [9.17, 15) is 15.3 Å². The van der Waals surface area contributed by atoms with Crippen LogP contribution in [0.15, 0.2) is 42.5 Å². The van der Waals surface area contributed by atoms with Gasteiger partial charge in [0.05, 0.1) is 0 Å². The lowest BCUT2D eigenvalue weighted by Crippen LogP contribution is -1.77. The maximum Gasteiger partial charge on any atom is 0.119 e. The lowest BCUT2D eigenvalue weighted by atomic mass is 10.0. The van der Waals surface area contributed by atoms with Crippen molar-refractivity contribution in [2.45, 2.75) is 0 Å². The third kappa shape index (κ3) is 2.02.